The minimum absolute atomic E-state index is 0.146. The Balaban J connectivity index is 1.82. The predicted molar refractivity (Wildman–Crippen MR) is 121 cm³/mol. The maximum atomic E-state index is 13.3. The molecule has 4 nitrogen and oxygen atoms in total. The van der Waals surface area contributed by atoms with Crippen LogP contribution in [0.5, 0.6) is 0 Å². The van der Waals surface area contributed by atoms with Crippen molar-refractivity contribution in [3.63, 3.8) is 0 Å². The van der Waals surface area contributed by atoms with Crippen LogP contribution in [0.4, 0.5) is 5.69 Å². The minimum Gasteiger partial charge on any atom is -0.365 e. The first-order chi connectivity index (χ1) is 14.3. The van der Waals surface area contributed by atoms with E-state index in [1.807, 2.05) is 64.1 Å². The zero-order chi connectivity index (χ0) is 21.8. The zero-order valence-corrected chi connectivity index (χ0v) is 19.0. The van der Waals surface area contributed by atoms with Gasteiger partial charge in [0.2, 0.25) is 11.8 Å². The second kappa shape index (κ2) is 9.74. The summed E-state index contributed by atoms with van der Waals surface area (Å²) in [6.45, 7) is 10.2. The largest absolute Gasteiger partial charge is 0.365 e. The van der Waals surface area contributed by atoms with E-state index in [4.69, 9.17) is 4.74 Å². The number of aryl methyl sites for hydroxylation is 1. The number of benzene rings is 1. The van der Waals surface area contributed by atoms with Crippen LogP contribution in [0, 0.1) is 11.8 Å². The van der Waals surface area contributed by atoms with Crippen LogP contribution in [0.1, 0.15) is 65.9 Å². The van der Waals surface area contributed by atoms with Crippen LogP contribution < -0.4 is 4.90 Å². The number of hydrogen-bond acceptors (Lipinski definition) is 3. The second-order valence-corrected chi connectivity index (χ2v) is 9.09. The van der Waals surface area contributed by atoms with E-state index in [-0.39, 0.29) is 24.0 Å². The van der Waals surface area contributed by atoms with Gasteiger partial charge in [0, 0.05) is 0 Å². The van der Waals surface area contributed by atoms with Crippen molar-refractivity contribution >= 4 is 17.5 Å². The van der Waals surface area contributed by atoms with Gasteiger partial charge in [-0.3, -0.25) is 9.59 Å². The number of ether oxygens (including phenoxy) is 1. The molecule has 2 heterocycles. The lowest BCUT2D eigenvalue weighted by atomic mass is 9.88. The molecule has 0 bridgehead atoms. The fourth-order valence-electron chi connectivity index (χ4n) is 4.52. The molecule has 3 rings (SSSR count). The number of imide groups is 1. The van der Waals surface area contributed by atoms with Crippen LogP contribution in [-0.2, 0) is 20.7 Å². The smallest absolute Gasteiger partial charge is 0.240 e. The van der Waals surface area contributed by atoms with Gasteiger partial charge in [-0.15, -0.1) is 0 Å². The van der Waals surface area contributed by atoms with Gasteiger partial charge in [-0.25, -0.2) is 4.90 Å². The second-order valence-electron chi connectivity index (χ2n) is 9.09. The fourth-order valence-corrected chi connectivity index (χ4v) is 4.52. The topological polar surface area (TPSA) is 46.6 Å². The van der Waals surface area contributed by atoms with E-state index in [2.05, 4.69) is 6.92 Å². The molecule has 2 amide bonds. The average Bonchev–Trinajstić information content (AvgIpc) is 3.15. The Labute approximate surface area is 181 Å². The summed E-state index contributed by atoms with van der Waals surface area (Å²) in [5, 5.41) is 0. The molecule has 162 valence electrons. The van der Waals surface area contributed by atoms with E-state index in [0.717, 1.165) is 17.6 Å². The van der Waals surface area contributed by atoms with E-state index in [9.17, 15) is 9.59 Å². The highest BCUT2D eigenvalue weighted by Crippen LogP contribution is 2.43. The summed E-state index contributed by atoms with van der Waals surface area (Å²) in [7, 11) is 0. The summed E-state index contributed by atoms with van der Waals surface area (Å²) in [6, 6.07) is 7.93. The molecule has 0 spiro atoms. The van der Waals surface area contributed by atoms with Gasteiger partial charge in [0.15, 0.2) is 0 Å². The van der Waals surface area contributed by atoms with Crippen molar-refractivity contribution < 1.29 is 14.3 Å². The Morgan fingerprint density at radius 1 is 0.867 bits per heavy atom. The lowest BCUT2D eigenvalue weighted by molar-refractivity contribution is -0.124. The van der Waals surface area contributed by atoms with E-state index < -0.39 is 11.8 Å². The van der Waals surface area contributed by atoms with E-state index in [1.165, 1.54) is 36.1 Å². The van der Waals surface area contributed by atoms with Crippen molar-refractivity contribution in [1.29, 1.82) is 0 Å². The number of anilines is 1. The van der Waals surface area contributed by atoms with Gasteiger partial charge in [-0.1, -0.05) is 61.6 Å². The standard InChI is InChI=1S/C26H35NO3/c1-6-7-8-9-10-19-11-13-20(14-12-19)27-25(28)23-21(15-17(2)3)30-22(16-18(4)5)24(23)26(27)29/h11-16,21-24H,6-10H2,1-5H3. The molecule has 1 aromatic carbocycles. The Morgan fingerprint density at radius 2 is 1.40 bits per heavy atom. The number of allylic oxidation sites excluding steroid dienone is 2. The molecule has 0 saturated carbocycles. The van der Waals surface area contributed by atoms with E-state index >= 15 is 0 Å². The third-order valence-electron chi connectivity index (χ3n) is 5.93. The van der Waals surface area contributed by atoms with Crippen LogP contribution in [0.15, 0.2) is 47.6 Å². The zero-order valence-electron chi connectivity index (χ0n) is 19.0. The third kappa shape index (κ3) is 4.75. The molecule has 0 aromatic heterocycles. The first-order valence-electron chi connectivity index (χ1n) is 11.3. The number of fused-ring (bicyclic) bond motifs is 1. The normalized spacial score (nSPS) is 25.4. The maximum absolute atomic E-state index is 13.3. The van der Waals surface area contributed by atoms with Gasteiger partial charge in [-0.2, -0.15) is 0 Å². The summed E-state index contributed by atoms with van der Waals surface area (Å²) in [5.41, 5.74) is 4.09. The lowest BCUT2D eigenvalue weighted by Crippen LogP contribution is -2.35. The number of hydrogen-bond donors (Lipinski definition) is 0. The monoisotopic (exact) mass is 409 g/mol. The highest BCUT2D eigenvalue weighted by Gasteiger charge is 2.59. The van der Waals surface area contributed by atoms with Crippen molar-refractivity contribution in [3.8, 4) is 0 Å². The van der Waals surface area contributed by atoms with Crippen LogP contribution in [-0.4, -0.2) is 24.0 Å². The fraction of sp³-hybridized carbons (Fsp3) is 0.538. The molecule has 0 radical (unpaired) electrons. The maximum Gasteiger partial charge on any atom is 0.240 e. The lowest BCUT2D eigenvalue weighted by Gasteiger charge is -2.20. The summed E-state index contributed by atoms with van der Waals surface area (Å²) in [6.07, 6.45) is 9.17. The van der Waals surface area contributed by atoms with Crippen LogP contribution in [0.25, 0.3) is 0 Å². The molecule has 2 aliphatic rings. The number of rotatable bonds is 8. The predicted octanol–water partition coefficient (Wildman–Crippen LogP) is 5.61. The molecule has 2 aliphatic heterocycles. The molecule has 2 fully saturated rings. The highest BCUT2D eigenvalue weighted by atomic mass is 16.5. The number of nitrogens with zero attached hydrogens (tertiary/aromatic N) is 1. The molecule has 0 aliphatic carbocycles. The molecule has 4 atom stereocenters. The van der Waals surface area contributed by atoms with Crippen molar-refractivity contribution in [2.45, 2.75) is 78.9 Å². The van der Waals surface area contributed by atoms with Crippen LogP contribution in [0.2, 0.25) is 0 Å². The Bertz CT molecular complexity index is 786. The Hall–Kier alpha value is -2.20. The Kier molecular flexibility index (Phi) is 7.30. The molecule has 2 saturated heterocycles. The SMILES string of the molecule is CCCCCCc1ccc(N2C(=O)C3C(C=C(C)C)OC(C=C(C)C)C3C2=O)cc1. The van der Waals surface area contributed by atoms with Gasteiger partial charge in [0.05, 0.1) is 29.7 Å². The van der Waals surface area contributed by atoms with Crippen molar-refractivity contribution in [3.05, 3.63) is 53.1 Å². The first kappa shape index (κ1) is 22.5. The quantitative estimate of drug-likeness (QED) is 0.318. The van der Waals surface area contributed by atoms with Crippen LogP contribution >= 0.6 is 0 Å². The molecular formula is C26H35NO3. The minimum atomic E-state index is -0.457. The van der Waals surface area contributed by atoms with Gasteiger partial charge in [0.25, 0.3) is 0 Å². The number of carbonyl (C=O) groups is 2. The summed E-state index contributed by atoms with van der Waals surface area (Å²) < 4.78 is 6.14. The third-order valence-corrected chi connectivity index (χ3v) is 5.93. The number of amides is 2. The Morgan fingerprint density at radius 3 is 1.87 bits per heavy atom. The van der Waals surface area contributed by atoms with E-state index in [1.54, 1.807) is 0 Å². The van der Waals surface area contributed by atoms with Crippen molar-refractivity contribution in [1.82, 2.24) is 0 Å². The van der Waals surface area contributed by atoms with Crippen molar-refractivity contribution in [2.75, 3.05) is 4.90 Å². The van der Waals surface area contributed by atoms with Crippen molar-refractivity contribution in [2.24, 2.45) is 11.8 Å². The average molecular weight is 410 g/mol. The van der Waals surface area contributed by atoms with Gasteiger partial charge >= 0.3 is 0 Å². The number of carbonyl (C=O) groups excluding carboxylic acids is 2. The molecule has 1 aromatic rings. The van der Waals surface area contributed by atoms with E-state index in [0.29, 0.717) is 5.69 Å². The summed E-state index contributed by atoms with van der Waals surface area (Å²) in [5.74, 6) is -1.20. The molecular weight excluding hydrogens is 374 g/mol. The molecule has 4 heteroatoms. The number of unbranched alkanes of at least 4 members (excludes halogenated alkanes) is 3. The molecule has 4 unspecified atom stereocenters. The molecule has 30 heavy (non-hydrogen) atoms. The van der Waals surface area contributed by atoms with Gasteiger partial charge in [-0.05, 0) is 58.2 Å². The van der Waals surface area contributed by atoms with Gasteiger partial charge in [0.1, 0.15) is 0 Å². The molecule has 0 N–H and O–H groups in total. The van der Waals surface area contributed by atoms with Gasteiger partial charge < -0.3 is 4.74 Å². The van der Waals surface area contributed by atoms with Crippen LogP contribution in [0.3, 0.4) is 0 Å². The first-order valence-corrected chi connectivity index (χ1v) is 11.3. The summed E-state index contributed by atoms with van der Waals surface area (Å²) >= 11 is 0. The highest BCUT2D eigenvalue weighted by molar-refractivity contribution is 6.22. The summed E-state index contributed by atoms with van der Waals surface area (Å²) in [4.78, 5) is 28.0.